The third-order valence-corrected chi connectivity index (χ3v) is 3.73. The molecule has 108 valence electrons. The van der Waals surface area contributed by atoms with Gasteiger partial charge in [-0.15, -0.1) is 0 Å². The number of imidazole rings is 1. The molecule has 0 radical (unpaired) electrons. The van der Waals surface area contributed by atoms with E-state index in [1.807, 2.05) is 22.8 Å². The largest absolute Gasteiger partial charge is 0.494 e. The van der Waals surface area contributed by atoms with Gasteiger partial charge in [-0.3, -0.25) is 4.79 Å². The second kappa shape index (κ2) is 6.62. The highest BCUT2D eigenvalue weighted by atomic mass is 32.2. The van der Waals surface area contributed by atoms with E-state index < -0.39 is 5.97 Å². The Morgan fingerprint density at radius 1 is 1.45 bits per heavy atom. The highest BCUT2D eigenvalue weighted by Gasteiger charge is 2.15. The molecule has 0 saturated carbocycles. The van der Waals surface area contributed by atoms with Crippen LogP contribution in [0, 0.1) is 0 Å². The number of carboxylic acid groups (broad SMARTS) is 1. The zero-order valence-electron chi connectivity index (χ0n) is 11.3. The number of para-hydroxylation sites is 1. The summed E-state index contributed by atoms with van der Waals surface area (Å²) in [5.74, 6) is -0.221. The number of hydrogen-bond donors (Lipinski definition) is 1. The number of nitrogens with zero attached hydrogens (tertiary/aromatic N) is 2. The number of ether oxygens (including phenoxy) is 2. The molecule has 6 nitrogen and oxygen atoms in total. The summed E-state index contributed by atoms with van der Waals surface area (Å²) in [4.78, 5) is 15.2. The number of thioether (sulfide) groups is 1. The molecule has 2 rings (SSSR count). The van der Waals surface area contributed by atoms with Crippen molar-refractivity contribution in [3.63, 3.8) is 0 Å². The van der Waals surface area contributed by atoms with Crippen LogP contribution in [0.15, 0.2) is 23.4 Å². The molecule has 0 spiro atoms. The normalized spacial score (nSPS) is 10.9. The van der Waals surface area contributed by atoms with Crippen LogP contribution in [-0.4, -0.2) is 47.2 Å². The Bertz CT molecular complexity index is 612. The summed E-state index contributed by atoms with van der Waals surface area (Å²) in [5, 5.41) is 9.47. The lowest BCUT2D eigenvalue weighted by Gasteiger charge is -2.07. The van der Waals surface area contributed by atoms with Crippen molar-refractivity contribution in [2.75, 3.05) is 26.6 Å². The first-order chi connectivity index (χ1) is 9.67. The van der Waals surface area contributed by atoms with E-state index in [0.717, 1.165) is 11.0 Å². The number of carboxylic acids is 1. The molecule has 0 aliphatic rings. The molecule has 0 unspecified atom stereocenters. The molecule has 0 aliphatic carbocycles. The summed E-state index contributed by atoms with van der Waals surface area (Å²) in [6.07, 6.45) is 0. The van der Waals surface area contributed by atoms with Gasteiger partial charge in [0.05, 0.1) is 25.0 Å². The van der Waals surface area contributed by atoms with Gasteiger partial charge >= 0.3 is 5.97 Å². The average Bonchev–Trinajstić information content (AvgIpc) is 2.80. The highest BCUT2D eigenvalue weighted by Crippen LogP contribution is 2.29. The van der Waals surface area contributed by atoms with Gasteiger partial charge in [-0.1, -0.05) is 17.8 Å². The number of benzene rings is 1. The Labute approximate surface area is 120 Å². The van der Waals surface area contributed by atoms with Crippen LogP contribution in [0.2, 0.25) is 0 Å². The number of carbonyl (C=O) groups is 1. The van der Waals surface area contributed by atoms with Crippen molar-refractivity contribution in [2.24, 2.45) is 0 Å². The van der Waals surface area contributed by atoms with Crippen molar-refractivity contribution in [1.29, 1.82) is 0 Å². The summed E-state index contributed by atoms with van der Waals surface area (Å²) in [6.45, 7) is 1.14. The fourth-order valence-corrected chi connectivity index (χ4v) is 2.65. The fraction of sp³-hybridized carbons (Fsp3) is 0.385. The van der Waals surface area contributed by atoms with E-state index in [0.29, 0.717) is 24.1 Å². The predicted molar refractivity (Wildman–Crippen MR) is 76.5 cm³/mol. The minimum atomic E-state index is -0.868. The van der Waals surface area contributed by atoms with Crippen molar-refractivity contribution >= 4 is 28.8 Å². The van der Waals surface area contributed by atoms with E-state index in [1.54, 1.807) is 14.2 Å². The minimum Gasteiger partial charge on any atom is -0.494 e. The summed E-state index contributed by atoms with van der Waals surface area (Å²) in [6, 6.07) is 5.66. The minimum absolute atomic E-state index is 0.0291. The Morgan fingerprint density at radius 3 is 2.90 bits per heavy atom. The van der Waals surface area contributed by atoms with E-state index in [1.165, 1.54) is 11.8 Å². The van der Waals surface area contributed by atoms with Gasteiger partial charge in [0.25, 0.3) is 0 Å². The Kier molecular flexibility index (Phi) is 4.86. The van der Waals surface area contributed by atoms with Crippen molar-refractivity contribution < 1.29 is 19.4 Å². The van der Waals surface area contributed by atoms with Crippen LogP contribution in [0.1, 0.15) is 0 Å². The Balaban J connectivity index is 2.44. The van der Waals surface area contributed by atoms with Crippen LogP contribution in [0.25, 0.3) is 11.0 Å². The van der Waals surface area contributed by atoms with Gasteiger partial charge in [0.15, 0.2) is 5.16 Å². The lowest BCUT2D eigenvalue weighted by Crippen LogP contribution is -2.07. The third-order valence-electron chi connectivity index (χ3n) is 2.77. The van der Waals surface area contributed by atoms with Crippen LogP contribution < -0.4 is 4.74 Å². The topological polar surface area (TPSA) is 73.6 Å². The van der Waals surface area contributed by atoms with Gasteiger partial charge in [0.1, 0.15) is 11.3 Å². The highest BCUT2D eigenvalue weighted by molar-refractivity contribution is 7.99. The molecule has 0 amide bonds. The molecule has 1 aromatic heterocycles. The molecule has 0 bridgehead atoms. The van der Waals surface area contributed by atoms with Gasteiger partial charge < -0.3 is 19.1 Å². The molecule has 0 atom stereocenters. The molecule has 1 N–H and O–H groups in total. The third kappa shape index (κ3) is 3.05. The Morgan fingerprint density at radius 2 is 2.25 bits per heavy atom. The van der Waals surface area contributed by atoms with Crippen LogP contribution in [0.3, 0.4) is 0 Å². The first-order valence-corrected chi connectivity index (χ1v) is 7.02. The van der Waals surface area contributed by atoms with Crippen LogP contribution in [-0.2, 0) is 16.1 Å². The first kappa shape index (κ1) is 14.7. The molecule has 0 fully saturated rings. The number of aromatic nitrogens is 2. The van der Waals surface area contributed by atoms with Crippen LogP contribution in [0.4, 0.5) is 0 Å². The first-order valence-electron chi connectivity index (χ1n) is 6.04. The summed E-state index contributed by atoms with van der Waals surface area (Å²) >= 11 is 1.19. The van der Waals surface area contributed by atoms with Crippen molar-refractivity contribution in [2.45, 2.75) is 11.7 Å². The van der Waals surface area contributed by atoms with E-state index >= 15 is 0 Å². The average molecular weight is 296 g/mol. The van der Waals surface area contributed by atoms with Gasteiger partial charge in [-0.25, -0.2) is 4.98 Å². The number of hydrogen-bond acceptors (Lipinski definition) is 5. The monoisotopic (exact) mass is 296 g/mol. The van der Waals surface area contributed by atoms with Crippen LogP contribution in [0.5, 0.6) is 5.75 Å². The number of methoxy groups -OCH3 is 2. The molecule has 0 saturated heterocycles. The standard InChI is InChI=1S/C13H16N2O4S/c1-18-7-6-15-9-4-3-5-10(19-2)12(9)14-13(15)20-8-11(16)17/h3-5H,6-8H2,1-2H3,(H,16,17). The zero-order chi connectivity index (χ0) is 14.5. The molecule has 1 heterocycles. The summed E-state index contributed by atoms with van der Waals surface area (Å²) in [7, 11) is 3.22. The molecule has 0 aliphatic heterocycles. The summed E-state index contributed by atoms with van der Waals surface area (Å²) < 4.78 is 12.3. The second-order valence-electron chi connectivity index (χ2n) is 4.05. The van der Waals surface area contributed by atoms with Crippen molar-refractivity contribution in [3.05, 3.63) is 18.2 Å². The SMILES string of the molecule is COCCn1c(SCC(=O)O)nc2c(OC)cccc21. The zero-order valence-corrected chi connectivity index (χ0v) is 12.1. The van der Waals surface area contributed by atoms with Gasteiger partial charge in [-0.2, -0.15) is 0 Å². The fourth-order valence-electron chi connectivity index (χ4n) is 1.90. The van der Waals surface area contributed by atoms with Crippen molar-refractivity contribution in [3.8, 4) is 5.75 Å². The second-order valence-corrected chi connectivity index (χ2v) is 4.99. The summed E-state index contributed by atoms with van der Waals surface area (Å²) in [5.41, 5.74) is 1.65. The maximum atomic E-state index is 10.7. The molecular weight excluding hydrogens is 280 g/mol. The molecule has 1 aromatic carbocycles. The molecule has 2 aromatic rings. The van der Waals surface area contributed by atoms with Crippen molar-refractivity contribution in [1.82, 2.24) is 9.55 Å². The molecule has 20 heavy (non-hydrogen) atoms. The number of fused-ring (bicyclic) bond motifs is 1. The Hall–Kier alpha value is -1.73. The molecular formula is C13H16N2O4S. The quantitative estimate of drug-likeness (QED) is 0.786. The van der Waals surface area contributed by atoms with E-state index in [2.05, 4.69) is 4.98 Å². The number of aliphatic carboxylic acids is 1. The maximum absolute atomic E-state index is 10.7. The predicted octanol–water partition coefficient (Wildman–Crippen LogP) is 1.87. The smallest absolute Gasteiger partial charge is 0.313 e. The van der Waals surface area contributed by atoms with Gasteiger partial charge in [0, 0.05) is 13.7 Å². The van der Waals surface area contributed by atoms with E-state index in [9.17, 15) is 4.79 Å². The van der Waals surface area contributed by atoms with Gasteiger partial charge in [-0.05, 0) is 12.1 Å². The maximum Gasteiger partial charge on any atom is 0.313 e. The van der Waals surface area contributed by atoms with E-state index in [4.69, 9.17) is 14.6 Å². The lowest BCUT2D eigenvalue weighted by molar-refractivity contribution is -0.133. The number of rotatable bonds is 7. The molecule has 7 heteroatoms. The lowest BCUT2D eigenvalue weighted by atomic mass is 10.3. The van der Waals surface area contributed by atoms with E-state index in [-0.39, 0.29) is 5.75 Å². The van der Waals surface area contributed by atoms with Crippen LogP contribution >= 0.6 is 11.8 Å². The van der Waals surface area contributed by atoms with Gasteiger partial charge in [0.2, 0.25) is 0 Å².